The predicted octanol–water partition coefficient (Wildman–Crippen LogP) is 0.958. The predicted molar refractivity (Wildman–Crippen MR) is 63.7 cm³/mol. The van der Waals surface area contributed by atoms with Gasteiger partial charge in [0.25, 0.3) is 0 Å². The standard InChI is InChI=1S/2C6H5Se.Pt/c2*7-6-4-2-1-3-5-6;/h2*1-5H;. The first-order chi connectivity index (χ1) is 6.79. The molecule has 0 saturated carbocycles. The molecule has 0 saturated heterocycles. The van der Waals surface area contributed by atoms with Crippen LogP contribution < -0.4 is 8.92 Å². The third-order valence-corrected chi connectivity index (χ3v) is 2.63. The van der Waals surface area contributed by atoms with E-state index in [2.05, 4.69) is 32.0 Å². The Balaban J connectivity index is 0.000000245. The summed E-state index contributed by atoms with van der Waals surface area (Å²) in [6.45, 7) is 0. The maximum absolute atomic E-state index is 2.90. The van der Waals surface area contributed by atoms with Crippen molar-refractivity contribution in [1.82, 2.24) is 0 Å². The van der Waals surface area contributed by atoms with Gasteiger partial charge in [-0.1, -0.05) is 0 Å². The van der Waals surface area contributed by atoms with E-state index in [0.29, 0.717) is 0 Å². The van der Waals surface area contributed by atoms with Crippen molar-refractivity contribution in [3.05, 3.63) is 60.7 Å². The number of hydrogen-bond donors (Lipinski definition) is 0. The van der Waals surface area contributed by atoms with Gasteiger partial charge in [0, 0.05) is 21.1 Å². The molecular formula is C12H10PtSe2. The van der Waals surface area contributed by atoms with E-state index < -0.39 is 0 Å². The molecule has 0 nitrogen and oxygen atoms in total. The van der Waals surface area contributed by atoms with E-state index in [-0.39, 0.29) is 21.1 Å². The zero-order chi connectivity index (χ0) is 10.2. The van der Waals surface area contributed by atoms with Crippen LogP contribution >= 0.6 is 0 Å². The quantitative estimate of drug-likeness (QED) is 0.467. The van der Waals surface area contributed by atoms with Gasteiger partial charge < -0.3 is 0 Å². The van der Waals surface area contributed by atoms with E-state index in [4.69, 9.17) is 0 Å². The van der Waals surface area contributed by atoms with Gasteiger partial charge in [-0.2, -0.15) is 0 Å². The molecule has 0 aliphatic heterocycles. The Kier molecular flexibility index (Phi) is 9.50. The minimum absolute atomic E-state index is 0. The van der Waals surface area contributed by atoms with Crippen molar-refractivity contribution in [2.45, 2.75) is 0 Å². The molecule has 0 aromatic heterocycles. The van der Waals surface area contributed by atoms with Crippen molar-refractivity contribution in [3.8, 4) is 0 Å². The van der Waals surface area contributed by atoms with Crippen molar-refractivity contribution in [3.63, 3.8) is 0 Å². The molecule has 2 aromatic carbocycles. The van der Waals surface area contributed by atoms with Gasteiger partial charge in [-0.3, -0.25) is 0 Å². The van der Waals surface area contributed by atoms with Gasteiger partial charge in [0.05, 0.1) is 0 Å². The van der Waals surface area contributed by atoms with Crippen molar-refractivity contribution < 1.29 is 21.1 Å². The fourth-order valence-corrected chi connectivity index (χ4v) is 1.50. The third-order valence-electron chi connectivity index (χ3n) is 1.49. The summed E-state index contributed by atoms with van der Waals surface area (Å²) in [6, 6.07) is 20.1. The Morgan fingerprint density at radius 1 is 0.533 bits per heavy atom. The first-order valence-corrected chi connectivity index (χ1v) is 5.94. The molecule has 2 rings (SSSR count). The minimum atomic E-state index is 0. The first kappa shape index (κ1) is 15.2. The molecule has 0 spiro atoms. The Morgan fingerprint density at radius 2 is 0.800 bits per heavy atom. The van der Waals surface area contributed by atoms with E-state index in [1.54, 1.807) is 0 Å². The van der Waals surface area contributed by atoms with Crippen molar-refractivity contribution >= 4 is 40.9 Å². The molecule has 2 radical (unpaired) electrons. The van der Waals surface area contributed by atoms with Crippen molar-refractivity contribution in [1.29, 1.82) is 0 Å². The van der Waals surface area contributed by atoms with E-state index in [9.17, 15) is 0 Å². The second kappa shape index (κ2) is 9.40. The van der Waals surface area contributed by atoms with Gasteiger partial charge in [0.15, 0.2) is 0 Å². The normalized spacial score (nSPS) is 8.00. The summed E-state index contributed by atoms with van der Waals surface area (Å²) in [6.07, 6.45) is 0. The van der Waals surface area contributed by atoms with Crippen LogP contribution in [0.4, 0.5) is 0 Å². The van der Waals surface area contributed by atoms with Gasteiger partial charge in [-0.05, 0) is 0 Å². The second-order valence-corrected chi connectivity index (χ2v) is 4.60. The molecule has 0 fully saturated rings. The summed E-state index contributed by atoms with van der Waals surface area (Å²) < 4.78 is 2.39. The van der Waals surface area contributed by atoms with Gasteiger partial charge >= 0.3 is 102 Å². The Labute approximate surface area is 122 Å². The van der Waals surface area contributed by atoms with Crippen LogP contribution in [0.3, 0.4) is 0 Å². The van der Waals surface area contributed by atoms with Gasteiger partial charge in [-0.15, -0.1) is 0 Å². The maximum atomic E-state index is 2.90. The fourth-order valence-electron chi connectivity index (χ4n) is 0.841. The molecule has 0 aliphatic carbocycles. The van der Waals surface area contributed by atoms with E-state index in [0.717, 1.165) is 0 Å². The summed E-state index contributed by atoms with van der Waals surface area (Å²) in [4.78, 5) is 0. The van der Waals surface area contributed by atoms with Gasteiger partial charge in [-0.25, -0.2) is 0 Å². The fraction of sp³-hybridized carbons (Fsp3) is 0. The van der Waals surface area contributed by atoms with Crippen LogP contribution in [0.25, 0.3) is 0 Å². The van der Waals surface area contributed by atoms with E-state index >= 15 is 0 Å². The van der Waals surface area contributed by atoms with Crippen molar-refractivity contribution in [2.75, 3.05) is 0 Å². The second-order valence-electron chi connectivity index (χ2n) is 2.63. The van der Waals surface area contributed by atoms with Crippen LogP contribution in [0.5, 0.6) is 0 Å². The van der Waals surface area contributed by atoms with Crippen LogP contribution in [0.1, 0.15) is 0 Å². The molecule has 0 unspecified atom stereocenters. The summed E-state index contributed by atoms with van der Waals surface area (Å²) in [5.41, 5.74) is 0. The topological polar surface area (TPSA) is 0 Å². The zero-order valence-electron chi connectivity index (χ0n) is 7.91. The molecule has 2 aromatic rings. The molecule has 15 heavy (non-hydrogen) atoms. The summed E-state index contributed by atoms with van der Waals surface area (Å²) >= 11 is 5.80. The van der Waals surface area contributed by atoms with Crippen LogP contribution in [0, 0.1) is 0 Å². The molecule has 3 heteroatoms. The Bertz CT molecular complexity index is 311. The van der Waals surface area contributed by atoms with Crippen LogP contribution in [0.15, 0.2) is 60.7 Å². The SMILES string of the molecule is [Pt].[Se]c1ccccc1.[Se]c1ccccc1. The molecular weight excluding hydrogens is 497 g/mol. The molecule has 0 atom stereocenters. The number of benzene rings is 2. The van der Waals surface area contributed by atoms with E-state index in [1.165, 1.54) is 8.92 Å². The Morgan fingerprint density at radius 3 is 0.933 bits per heavy atom. The molecule has 0 heterocycles. The van der Waals surface area contributed by atoms with Crippen LogP contribution in [-0.4, -0.2) is 32.0 Å². The van der Waals surface area contributed by atoms with Crippen LogP contribution in [-0.2, 0) is 21.1 Å². The van der Waals surface area contributed by atoms with E-state index in [1.807, 2.05) is 60.7 Å². The van der Waals surface area contributed by atoms with Crippen molar-refractivity contribution in [2.24, 2.45) is 0 Å². The average Bonchev–Trinajstić information content (AvgIpc) is 2.21. The first-order valence-electron chi connectivity index (χ1n) is 4.23. The molecule has 0 amide bonds. The molecule has 0 N–H and O–H groups in total. The summed E-state index contributed by atoms with van der Waals surface area (Å²) in [5.74, 6) is 0. The number of rotatable bonds is 0. The van der Waals surface area contributed by atoms with Gasteiger partial charge in [0.2, 0.25) is 0 Å². The number of hydrogen-bond acceptors (Lipinski definition) is 0. The monoisotopic (exact) mass is 509 g/mol. The van der Waals surface area contributed by atoms with Gasteiger partial charge in [0.1, 0.15) is 0 Å². The Hall–Kier alpha value is 0.167. The van der Waals surface area contributed by atoms with Crippen LogP contribution in [0.2, 0.25) is 0 Å². The summed E-state index contributed by atoms with van der Waals surface area (Å²) in [7, 11) is 0. The molecule has 0 bridgehead atoms. The molecule has 80 valence electrons. The average molecular weight is 507 g/mol. The zero-order valence-corrected chi connectivity index (χ0v) is 13.6. The molecule has 0 aliphatic rings. The third kappa shape index (κ3) is 8.02. The summed E-state index contributed by atoms with van der Waals surface area (Å²) in [5, 5.41) is 0.